The summed E-state index contributed by atoms with van der Waals surface area (Å²) in [6.07, 6.45) is 3.07. The van der Waals surface area contributed by atoms with Gasteiger partial charge in [-0.1, -0.05) is 23.8 Å². The lowest BCUT2D eigenvalue weighted by Crippen LogP contribution is -2.46. The van der Waals surface area contributed by atoms with Crippen LogP contribution < -0.4 is 10.6 Å². The minimum atomic E-state index is -0.480. The molecule has 5 nitrogen and oxygen atoms in total. The van der Waals surface area contributed by atoms with Crippen LogP contribution in [0.4, 0.5) is 4.39 Å². The Hall–Kier alpha value is -1.18. The van der Waals surface area contributed by atoms with Crippen LogP contribution in [0, 0.1) is 5.82 Å². The minimum Gasteiger partial charge on any atom is -0.379 e. The van der Waals surface area contributed by atoms with Crippen LogP contribution in [-0.4, -0.2) is 56.7 Å². The number of rotatable bonds is 5. The molecular weight excluding hydrogens is 380 g/mol. The topological polar surface area (TPSA) is 53.6 Å². The van der Waals surface area contributed by atoms with Crippen molar-refractivity contribution in [3.8, 4) is 0 Å². The van der Waals surface area contributed by atoms with Gasteiger partial charge in [-0.3, -0.25) is 9.69 Å². The maximum atomic E-state index is 13.6. The van der Waals surface area contributed by atoms with Crippen LogP contribution in [-0.2, 0) is 9.53 Å². The van der Waals surface area contributed by atoms with Gasteiger partial charge in [-0.15, -0.1) is 24.8 Å². The van der Waals surface area contributed by atoms with Gasteiger partial charge in [-0.05, 0) is 30.7 Å². The third kappa shape index (κ3) is 6.21. The highest BCUT2D eigenvalue weighted by atomic mass is 35.5. The molecule has 0 bridgehead atoms. The Labute approximate surface area is 166 Å². The van der Waals surface area contributed by atoms with Crippen molar-refractivity contribution in [2.75, 3.05) is 45.9 Å². The van der Waals surface area contributed by atoms with Gasteiger partial charge < -0.3 is 15.4 Å². The molecule has 0 aromatic heterocycles. The van der Waals surface area contributed by atoms with E-state index in [1.807, 2.05) is 6.07 Å². The molecule has 1 amide bonds. The van der Waals surface area contributed by atoms with Crippen molar-refractivity contribution < 1.29 is 13.9 Å². The molecule has 1 fully saturated rings. The van der Waals surface area contributed by atoms with Crippen molar-refractivity contribution in [1.29, 1.82) is 0 Å². The van der Waals surface area contributed by atoms with Gasteiger partial charge in [0.15, 0.2) is 0 Å². The lowest BCUT2D eigenvalue weighted by atomic mass is 10.0. The normalized spacial score (nSPS) is 18.7. The largest absolute Gasteiger partial charge is 0.379 e. The molecule has 2 aliphatic rings. The van der Waals surface area contributed by atoms with E-state index < -0.39 is 6.04 Å². The van der Waals surface area contributed by atoms with Gasteiger partial charge in [0.1, 0.15) is 11.9 Å². The number of hydrogen-bond acceptors (Lipinski definition) is 4. The summed E-state index contributed by atoms with van der Waals surface area (Å²) in [6.45, 7) is 4.87. The number of morpholine rings is 1. The summed E-state index contributed by atoms with van der Waals surface area (Å²) in [6, 6.07) is 5.83. The predicted molar refractivity (Wildman–Crippen MR) is 105 cm³/mol. The SMILES string of the molecule is Cl.Cl.O=C(NCC1=CCNCC1)C(c1cccc(F)c1)N1CCOCC1. The highest BCUT2D eigenvalue weighted by Crippen LogP contribution is 2.23. The van der Waals surface area contributed by atoms with Crippen LogP contribution in [0.2, 0.25) is 0 Å². The van der Waals surface area contributed by atoms with E-state index in [2.05, 4.69) is 21.6 Å². The third-order valence-electron chi connectivity index (χ3n) is 4.47. The quantitative estimate of drug-likeness (QED) is 0.736. The Kier molecular flexibility index (Phi) is 10.1. The average Bonchev–Trinajstić information content (AvgIpc) is 2.62. The van der Waals surface area contributed by atoms with Crippen LogP contribution in [0.5, 0.6) is 0 Å². The lowest BCUT2D eigenvalue weighted by molar-refractivity contribution is -0.128. The number of halogens is 3. The molecule has 1 unspecified atom stereocenters. The van der Waals surface area contributed by atoms with E-state index in [1.54, 1.807) is 6.07 Å². The molecule has 0 aliphatic carbocycles. The molecule has 1 aromatic rings. The average molecular weight is 406 g/mol. The second-order valence-corrected chi connectivity index (χ2v) is 6.14. The van der Waals surface area contributed by atoms with Crippen LogP contribution in [0.25, 0.3) is 0 Å². The molecule has 0 saturated carbocycles. The molecule has 3 rings (SSSR count). The standard InChI is InChI=1S/C18H24FN3O2.2ClH/c19-16-3-1-2-15(12-16)17(22-8-10-24-11-9-22)18(23)21-13-14-4-6-20-7-5-14;;/h1-4,12,17,20H,5-11,13H2,(H,21,23);2*1H. The van der Waals surface area contributed by atoms with Crippen LogP contribution in [0.3, 0.4) is 0 Å². The predicted octanol–water partition coefficient (Wildman–Crippen LogP) is 2.08. The first-order valence-corrected chi connectivity index (χ1v) is 8.47. The maximum absolute atomic E-state index is 13.6. The number of nitrogens with zero attached hydrogens (tertiary/aromatic N) is 1. The Bertz CT molecular complexity index is 610. The first kappa shape index (κ1) is 22.9. The molecule has 2 aliphatic heterocycles. The highest BCUT2D eigenvalue weighted by Gasteiger charge is 2.29. The number of hydrogen-bond donors (Lipinski definition) is 2. The second-order valence-electron chi connectivity index (χ2n) is 6.14. The number of carbonyl (C=O) groups is 1. The van der Waals surface area contributed by atoms with Crippen molar-refractivity contribution in [2.45, 2.75) is 12.5 Å². The fourth-order valence-electron chi connectivity index (χ4n) is 3.17. The molecule has 0 spiro atoms. The molecule has 2 heterocycles. The van der Waals surface area contributed by atoms with Crippen molar-refractivity contribution in [1.82, 2.24) is 15.5 Å². The number of nitrogens with one attached hydrogen (secondary N) is 2. The van der Waals surface area contributed by atoms with E-state index >= 15 is 0 Å². The third-order valence-corrected chi connectivity index (χ3v) is 4.47. The smallest absolute Gasteiger partial charge is 0.242 e. The molecule has 2 N–H and O–H groups in total. The van der Waals surface area contributed by atoms with E-state index in [4.69, 9.17) is 4.74 Å². The number of carbonyl (C=O) groups excluding carboxylic acids is 1. The zero-order valence-electron chi connectivity index (χ0n) is 14.6. The van der Waals surface area contributed by atoms with Gasteiger partial charge >= 0.3 is 0 Å². The van der Waals surface area contributed by atoms with Gasteiger partial charge in [0.25, 0.3) is 0 Å². The zero-order chi connectivity index (χ0) is 16.8. The molecule has 0 radical (unpaired) electrons. The fraction of sp³-hybridized carbons (Fsp3) is 0.500. The summed E-state index contributed by atoms with van der Waals surface area (Å²) in [4.78, 5) is 14.9. The second kappa shape index (κ2) is 11.5. The fourth-order valence-corrected chi connectivity index (χ4v) is 3.17. The monoisotopic (exact) mass is 405 g/mol. The van der Waals surface area contributed by atoms with Crippen LogP contribution >= 0.6 is 24.8 Å². The summed E-state index contributed by atoms with van der Waals surface area (Å²) < 4.78 is 19.0. The first-order chi connectivity index (χ1) is 11.7. The van der Waals surface area contributed by atoms with Gasteiger partial charge in [0.05, 0.1) is 13.2 Å². The Morgan fingerprint density at radius 1 is 1.31 bits per heavy atom. The summed E-state index contributed by atoms with van der Waals surface area (Å²) in [7, 11) is 0. The van der Waals surface area contributed by atoms with E-state index in [0.717, 1.165) is 19.5 Å². The number of ether oxygens (including phenoxy) is 1. The minimum absolute atomic E-state index is 0. The van der Waals surface area contributed by atoms with Crippen molar-refractivity contribution in [3.63, 3.8) is 0 Å². The molecule has 8 heteroatoms. The molecule has 1 saturated heterocycles. The van der Waals surface area contributed by atoms with E-state index in [0.29, 0.717) is 38.4 Å². The summed E-state index contributed by atoms with van der Waals surface area (Å²) in [5.74, 6) is -0.401. The molecule has 26 heavy (non-hydrogen) atoms. The molecule has 146 valence electrons. The Balaban J connectivity index is 0.00000169. The van der Waals surface area contributed by atoms with Gasteiger partial charge in [0, 0.05) is 26.2 Å². The van der Waals surface area contributed by atoms with E-state index in [9.17, 15) is 9.18 Å². The number of amides is 1. The van der Waals surface area contributed by atoms with E-state index in [-0.39, 0.29) is 36.5 Å². The van der Waals surface area contributed by atoms with Crippen LogP contribution in [0.1, 0.15) is 18.0 Å². The summed E-state index contributed by atoms with van der Waals surface area (Å²) in [5.41, 5.74) is 1.93. The Morgan fingerprint density at radius 3 is 2.73 bits per heavy atom. The highest BCUT2D eigenvalue weighted by molar-refractivity contribution is 5.85. The maximum Gasteiger partial charge on any atom is 0.242 e. The molecule has 1 aromatic carbocycles. The van der Waals surface area contributed by atoms with Crippen molar-refractivity contribution >= 4 is 30.7 Å². The number of benzene rings is 1. The first-order valence-electron chi connectivity index (χ1n) is 8.47. The van der Waals surface area contributed by atoms with E-state index in [1.165, 1.54) is 17.7 Å². The summed E-state index contributed by atoms with van der Waals surface area (Å²) >= 11 is 0. The van der Waals surface area contributed by atoms with Crippen LogP contribution in [0.15, 0.2) is 35.9 Å². The Morgan fingerprint density at radius 2 is 2.08 bits per heavy atom. The van der Waals surface area contributed by atoms with Crippen molar-refractivity contribution in [3.05, 3.63) is 47.3 Å². The lowest BCUT2D eigenvalue weighted by Gasteiger charge is -2.34. The van der Waals surface area contributed by atoms with Gasteiger partial charge in [-0.25, -0.2) is 4.39 Å². The van der Waals surface area contributed by atoms with Crippen molar-refractivity contribution in [2.24, 2.45) is 0 Å². The summed E-state index contributed by atoms with van der Waals surface area (Å²) in [5, 5.41) is 6.28. The van der Waals surface area contributed by atoms with Gasteiger partial charge in [-0.2, -0.15) is 0 Å². The van der Waals surface area contributed by atoms with Gasteiger partial charge in [0.2, 0.25) is 5.91 Å². The zero-order valence-corrected chi connectivity index (χ0v) is 16.2. The molecular formula is C18H26Cl2FN3O2. The molecule has 1 atom stereocenters.